The molecule has 1 saturated carbocycles. The quantitative estimate of drug-likeness (QED) is 0.0287. The monoisotopic (exact) mass is 830 g/mol. The second-order valence-corrected chi connectivity index (χ2v) is 18.6. The number of cyclic esters (lactones) is 1. The van der Waals surface area contributed by atoms with Crippen LogP contribution in [-0.2, 0) is 43.0 Å². The number of carbonyl (C=O) groups is 4. The van der Waals surface area contributed by atoms with Crippen LogP contribution in [-0.4, -0.2) is 57.4 Å². The van der Waals surface area contributed by atoms with E-state index in [2.05, 4.69) is 51.2 Å². The van der Waals surface area contributed by atoms with Crippen molar-refractivity contribution in [3.63, 3.8) is 0 Å². The van der Waals surface area contributed by atoms with E-state index in [4.69, 9.17) is 13.7 Å². The summed E-state index contributed by atoms with van der Waals surface area (Å²) in [6.45, 7) is 12.5. The molecule has 11 heteroatoms. The average Bonchev–Trinajstić information content (AvgIpc) is 3.19. The van der Waals surface area contributed by atoms with Crippen LogP contribution in [0, 0.1) is 29.6 Å². The third kappa shape index (κ3) is 20.6. The first-order valence-electron chi connectivity index (χ1n) is 22.2. The molecule has 10 nitrogen and oxygen atoms in total. The Balaban J connectivity index is 0.000000434. The summed E-state index contributed by atoms with van der Waals surface area (Å²) in [6, 6.07) is 7.27. The molecule has 1 aliphatic carbocycles. The normalized spacial score (nSPS) is 20.6. The number of amides is 1. The topological polar surface area (TPSA) is 142 Å². The second kappa shape index (κ2) is 29.0. The lowest BCUT2D eigenvalue weighted by atomic mass is 9.77. The lowest BCUT2D eigenvalue weighted by Crippen LogP contribution is -2.48. The van der Waals surface area contributed by atoms with Crippen molar-refractivity contribution >= 4 is 34.3 Å². The van der Waals surface area contributed by atoms with Gasteiger partial charge in [-0.15, -0.1) is 0 Å². The SMILES string of the molecule is CC(C)CC1CCC(C(=O)COS(=O)(=O)c2ccccc2)CC1.CCCCC/C=C\C/C=C\C[C@@H](C[C@@H]1OC(=O)[C@H]1CCCCCC)OC(=O)[C@H](CC(C)C)NC=O. The molecule has 1 amide bonds. The zero-order chi connectivity index (χ0) is 42.8. The van der Waals surface area contributed by atoms with Gasteiger partial charge in [0, 0.05) is 18.8 Å². The smallest absolute Gasteiger partial charge is 0.328 e. The first-order valence-corrected chi connectivity index (χ1v) is 23.6. The van der Waals surface area contributed by atoms with Gasteiger partial charge in [-0.05, 0) is 94.1 Å². The van der Waals surface area contributed by atoms with Crippen LogP contribution in [0.15, 0.2) is 59.5 Å². The van der Waals surface area contributed by atoms with E-state index in [1.54, 1.807) is 18.2 Å². The number of Topliss-reactive ketones (excluding diaryl/α,β-unsaturated/α-hetero) is 1. The van der Waals surface area contributed by atoms with Gasteiger partial charge in [-0.25, -0.2) is 4.79 Å². The number of carbonyl (C=O) groups excluding carboxylic acids is 4. The minimum absolute atomic E-state index is 0.0515. The predicted molar refractivity (Wildman–Crippen MR) is 230 cm³/mol. The minimum Gasteiger partial charge on any atom is -0.461 e. The molecule has 0 aromatic heterocycles. The Labute approximate surface area is 350 Å². The van der Waals surface area contributed by atoms with E-state index in [1.807, 2.05) is 19.9 Å². The molecule has 1 saturated heterocycles. The Morgan fingerprint density at radius 3 is 2.16 bits per heavy atom. The molecule has 2 aliphatic rings. The second-order valence-electron chi connectivity index (χ2n) is 16.9. The molecular weight excluding hydrogens is 755 g/mol. The summed E-state index contributed by atoms with van der Waals surface area (Å²) in [5.41, 5.74) is 0. The number of hydrogen-bond acceptors (Lipinski definition) is 9. The summed E-state index contributed by atoms with van der Waals surface area (Å²) in [7, 11) is -3.84. The lowest BCUT2D eigenvalue weighted by Gasteiger charge is -2.37. The molecule has 1 aromatic carbocycles. The Morgan fingerprint density at radius 1 is 0.862 bits per heavy atom. The number of rotatable bonds is 28. The summed E-state index contributed by atoms with van der Waals surface area (Å²) in [6.07, 6.45) is 26.0. The van der Waals surface area contributed by atoms with Crippen LogP contribution in [0.3, 0.4) is 0 Å². The summed E-state index contributed by atoms with van der Waals surface area (Å²) < 4.78 is 40.3. The van der Waals surface area contributed by atoms with Gasteiger partial charge in [0.25, 0.3) is 10.1 Å². The number of benzene rings is 1. The minimum atomic E-state index is -3.84. The van der Waals surface area contributed by atoms with Gasteiger partial charge in [0.15, 0.2) is 5.78 Å². The van der Waals surface area contributed by atoms with Gasteiger partial charge >= 0.3 is 11.9 Å². The summed E-state index contributed by atoms with van der Waals surface area (Å²) in [4.78, 5) is 48.2. The van der Waals surface area contributed by atoms with E-state index in [0.717, 1.165) is 64.2 Å². The van der Waals surface area contributed by atoms with Crippen LogP contribution in [0.2, 0.25) is 0 Å². The van der Waals surface area contributed by atoms with Crippen molar-refractivity contribution in [1.82, 2.24) is 5.32 Å². The molecule has 1 aromatic rings. The van der Waals surface area contributed by atoms with E-state index < -0.39 is 28.2 Å². The lowest BCUT2D eigenvalue weighted by molar-refractivity contribution is -0.190. The van der Waals surface area contributed by atoms with E-state index in [-0.39, 0.29) is 47.1 Å². The zero-order valence-electron chi connectivity index (χ0n) is 36.4. The maximum absolute atomic E-state index is 12.8. The van der Waals surface area contributed by atoms with Gasteiger partial charge in [0.1, 0.15) is 24.9 Å². The number of nitrogens with one attached hydrogen (secondary N) is 1. The molecule has 2 fully saturated rings. The van der Waals surface area contributed by atoms with E-state index in [9.17, 15) is 27.6 Å². The number of unbranched alkanes of at least 4 members (excludes halogenated alkanes) is 6. The standard InChI is InChI=1S/C29H49NO5.C18H26O4S/c1-5-7-9-11-12-13-14-15-16-18-24(34-29(33)26(30-22-31)20-23(3)4)21-27-25(28(32)35-27)19-17-10-8-6-2;1-14(2)12-15-8-10-16(11-9-15)18(19)13-22-23(20,21)17-6-4-3-5-7-17/h12-13,15-16,22-27H,5-11,14,17-21H2,1-4H3,(H,30,31);3-7,14-16H,8-13H2,1-2H3/b13-12-,16-15-;/t24-,25-,26-,27-;/m0./s1. The van der Waals surface area contributed by atoms with Gasteiger partial charge in [-0.1, -0.05) is 123 Å². The van der Waals surface area contributed by atoms with Crippen LogP contribution >= 0.6 is 0 Å². The Kier molecular flexibility index (Phi) is 25.4. The van der Waals surface area contributed by atoms with Gasteiger partial charge in [-0.2, -0.15) is 8.42 Å². The van der Waals surface area contributed by atoms with Crippen LogP contribution in [0.4, 0.5) is 0 Å². The van der Waals surface area contributed by atoms with Crippen molar-refractivity contribution in [3.05, 3.63) is 54.6 Å². The van der Waals surface area contributed by atoms with E-state index in [0.29, 0.717) is 37.5 Å². The van der Waals surface area contributed by atoms with Crippen LogP contribution < -0.4 is 5.32 Å². The average molecular weight is 830 g/mol. The van der Waals surface area contributed by atoms with Crippen molar-refractivity contribution < 1.29 is 41.3 Å². The molecule has 0 unspecified atom stereocenters. The molecule has 0 spiro atoms. The number of hydrogen-bond donors (Lipinski definition) is 1. The highest BCUT2D eigenvalue weighted by molar-refractivity contribution is 7.86. The highest BCUT2D eigenvalue weighted by Gasteiger charge is 2.43. The van der Waals surface area contributed by atoms with Crippen LogP contribution in [0.25, 0.3) is 0 Å². The summed E-state index contributed by atoms with van der Waals surface area (Å²) >= 11 is 0. The number of ketones is 1. The third-order valence-electron chi connectivity index (χ3n) is 10.9. The van der Waals surface area contributed by atoms with Gasteiger partial charge in [0.2, 0.25) is 6.41 Å². The Hall–Kier alpha value is -3.31. The Bertz CT molecular complexity index is 1480. The molecule has 0 bridgehead atoms. The summed E-state index contributed by atoms with van der Waals surface area (Å²) in [5.74, 6) is 0.813. The van der Waals surface area contributed by atoms with Gasteiger partial charge < -0.3 is 14.8 Å². The fourth-order valence-electron chi connectivity index (χ4n) is 7.63. The van der Waals surface area contributed by atoms with Gasteiger partial charge in [-0.3, -0.25) is 18.6 Å². The highest BCUT2D eigenvalue weighted by Crippen LogP contribution is 2.34. The first-order chi connectivity index (χ1) is 27.8. The van der Waals surface area contributed by atoms with E-state index in [1.165, 1.54) is 44.2 Å². The highest BCUT2D eigenvalue weighted by atomic mass is 32.2. The molecule has 0 radical (unpaired) electrons. The van der Waals surface area contributed by atoms with Crippen molar-refractivity contribution in [2.75, 3.05) is 6.61 Å². The van der Waals surface area contributed by atoms with Gasteiger partial charge in [0.05, 0.1) is 10.8 Å². The van der Waals surface area contributed by atoms with Crippen molar-refractivity contribution in [1.29, 1.82) is 0 Å². The molecule has 58 heavy (non-hydrogen) atoms. The molecule has 1 heterocycles. The fraction of sp³-hybridized carbons (Fsp3) is 0.702. The van der Waals surface area contributed by atoms with Crippen molar-refractivity contribution in [2.24, 2.45) is 29.6 Å². The maximum Gasteiger partial charge on any atom is 0.328 e. The Morgan fingerprint density at radius 2 is 1.53 bits per heavy atom. The summed E-state index contributed by atoms with van der Waals surface area (Å²) in [5, 5.41) is 2.59. The number of ether oxygens (including phenoxy) is 2. The first kappa shape index (κ1) is 50.8. The fourth-order valence-corrected chi connectivity index (χ4v) is 8.53. The largest absolute Gasteiger partial charge is 0.461 e. The molecule has 1 aliphatic heterocycles. The molecule has 1 N–H and O–H groups in total. The molecular formula is C47H75NO9S. The van der Waals surface area contributed by atoms with Crippen molar-refractivity contribution in [3.8, 4) is 0 Å². The van der Waals surface area contributed by atoms with E-state index >= 15 is 0 Å². The number of allylic oxidation sites excluding steroid dienone is 3. The molecule has 328 valence electrons. The maximum atomic E-state index is 12.8. The third-order valence-corrected chi connectivity index (χ3v) is 12.2. The number of esters is 2. The molecule has 3 rings (SSSR count). The van der Waals surface area contributed by atoms with Crippen molar-refractivity contribution in [2.45, 2.75) is 180 Å². The zero-order valence-corrected chi connectivity index (χ0v) is 37.2. The molecule has 4 atom stereocenters. The van der Waals surface area contributed by atoms with Crippen LogP contribution in [0.1, 0.15) is 157 Å². The predicted octanol–water partition coefficient (Wildman–Crippen LogP) is 10.2. The van der Waals surface area contributed by atoms with Crippen LogP contribution in [0.5, 0.6) is 0 Å².